The topological polar surface area (TPSA) is 61.9 Å². The third-order valence-corrected chi connectivity index (χ3v) is 5.17. The summed E-state index contributed by atoms with van der Waals surface area (Å²) in [6.45, 7) is 1.41. The SMILES string of the molecule is COC(=O)C(Cc1ccccc1)NC(=O)N1CCN(c2cccc(C(F)(F)F)c2)CC1. The van der Waals surface area contributed by atoms with Crippen molar-refractivity contribution in [1.29, 1.82) is 0 Å². The van der Waals surface area contributed by atoms with Crippen LogP contribution in [0.3, 0.4) is 0 Å². The van der Waals surface area contributed by atoms with Crippen LogP contribution in [0, 0.1) is 0 Å². The number of nitrogens with one attached hydrogen (secondary N) is 1. The Bertz CT molecular complexity index is 898. The molecule has 1 N–H and O–H groups in total. The summed E-state index contributed by atoms with van der Waals surface area (Å²) in [6, 6.07) is 13.2. The second kappa shape index (κ2) is 9.72. The Hall–Kier alpha value is -3.23. The Morgan fingerprint density at radius 3 is 2.32 bits per heavy atom. The van der Waals surface area contributed by atoms with Crippen LogP contribution in [0.4, 0.5) is 23.7 Å². The molecule has 1 aliphatic heterocycles. The molecule has 2 aromatic rings. The van der Waals surface area contributed by atoms with Crippen molar-refractivity contribution >= 4 is 17.7 Å². The van der Waals surface area contributed by atoms with Crippen molar-refractivity contribution in [3.8, 4) is 0 Å². The molecule has 166 valence electrons. The lowest BCUT2D eigenvalue weighted by Gasteiger charge is -2.36. The lowest BCUT2D eigenvalue weighted by Crippen LogP contribution is -2.55. The van der Waals surface area contributed by atoms with E-state index in [-0.39, 0.29) is 0 Å². The van der Waals surface area contributed by atoms with Gasteiger partial charge in [-0.2, -0.15) is 13.2 Å². The number of esters is 1. The minimum absolute atomic E-state index is 0.295. The molecule has 1 aliphatic rings. The minimum atomic E-state index is -4.40. The first kappa shape index (κ1) is 22.5. The summed E-state index contributed by atoms with van der Waals surface area (Å²) < 4.78 is 43.7. The molecule has 1 atom stereocenters. The smallest absolute Gasteiger partial charge is 0.416 e. The molecular weight excluding hydrogens is 411 g/mol. The molecule has 1 fully saturated rings. The standard InChI is InChI=1S/C22H24F3N3O3/c1-31-20(29)19(14-16-6-3-2-4-7-16)26-21(30)28-12-10-27(11-13-28)18-9-5-8-17(15-18)22(23,24)25/h2-9,15,19H,10-14H2,1H3,(H,26,30). The number of carbonyl (C=O) groups excluding carboxylic acids is 2. The maximum absolute atomic E-state index is 13.0. The van der Waals surface area contributed by atoms with Gasteiger partial charge >= 0.3 is 18.2 Å². The van der Waals surface area contributed by atoms with Crippen LogP contribution in [0.25, 0.3) is 0 Å². The van der Waals surface area contributed by atoms with Crippen molar-refractivity contribution in [2.24, 2.45) is 0 Å². The molecule has 1 saturated heterocycles. The van der Waals surface area contributed by atoms with Crippen LogP contribution in [0.2, 0.25) is 0 Å². The molecule has 3 rings (SSSR count). The monoisotopic (exact) mass is 435 g/mol. The summed E-state index contributed by atoms with van der Waals surface area (Å²) >= 11 is 0. The zero-order valence-corrected chi connectivity index (χ0v) is 17.1. The molecule has 0 bridgehead atoms. The van der Waals surface area contributed by atoms with Gasteiger partial charge in [-0.15, -0.1) is 0 Å². The number of hydrogen-bond acceptors (Lipinski definition) is 4. The zero-order chi connectivity index (χ0) is 22.4. The quantitative estimate of drug-likeness (QED) is 0.732. The van der Waals surface area contributed by atoms with Crippen molar-refractivity contribution in [2.45, 2.75) is 18.6 Å². The highest BCUT2D eigenvalue weighted by molar-refractivity contribution is 5.84. The number of piperazine rings is 1. The van der Waals surface area contributed by atoms with E-state index in [9.17, 15) is 22.8 Å². The molecule has 2 aromatic carbocycles. The van der Waals surface area contributed by atoms with Crippen LogP contribution in [0.15, 0.2) is 54.6 Å². The summed E-state index contributed by atoms with van der Waals surface area (Å²) in [5.74, 6) is -0.542. The molecule has 0 spiro atoms. The van der Waals surface area contributed by atoms with Gasteiger partial charge in [-0.25, -0.2) is 9.59 Å². The Morgan fingerprint density at radius 2 is 1.71 bits per heavy atom. The van der Waals surface area contributed by atoms with Crippen LogP contribution in [0.1, 0.15) is 11.1 Å². The first-order chi connectivity index (χ1) is 14.8. The molecule has 31 heavy (non-hydrogen) atoms. The van der Waals surface area contributed by atoms with E-state index in [0.29, 0.717) is 38.3 Å². The minimum Gasteiger partial charge on any atom is -0.467 e. The Kier molecular flexibility index (Phi) is 7.04. The lowest BCUT2D eigenvalue weighted by molar-refractivity contribution is -0.143. The number of ether oxygens (including phenoxy) is 1. The maximum atomic E-state index is 13.0. The summed E-state index contributed by atoms with van der Waals surface area (Å²) in [6.07, 6.45) is -4.11. The first-order valence-corrected chi connectivity index (χ1v) is 9.87. The van der Waals surface area contributed by atoms with E-state index in [0.717, 1.165) is 17.7 Å². The van der Waals surface area contributed by atoms with E-state index < -0.39 is 29.8 Å². The van der Waals surface area contributed by atoms with Crippen LogP contribution < -0.4 is 10.2 Å². The number of urea groups is 1. The number of carbonyl (C=O) groups is 2. The van der Waals surface area contributed by atoms with E-state index in [2.05, 4.69) is 5.32 Å². The number of nitrogens with zero attached hydrogens (tertiary/aromatic N) is 2. The molecule has 0 aromatic heterocycles. The van der Waals surface area contributed by atoms with Gasteiger partial charge in [-0.3, -0.25) is 0 Å². The summed E-state index contributed by atoms with van der Waals surface area (Å²) in [7, 11) is 1.26. The van der Waals surface area contributed by atoms with E-state index in [1.54, 1.807) is 15.9 Å². The van der Waals surface area contributed by atoms with E-state index >= 15 is 0 Å². The second-order valence-corrected chi connectivity index (χ2v) is 7.24. The average Bonchev–Trinajstić information content (AvgIpc) is 2.78. The van der Waals surface area contributed by atoms with Gasteiger partial charge in [-0.1, -0.05) is 36.4 Å². The van der Waals surface area contributed by atoms with E-state index in [1.807, 2.05) is 30.3 Å². The number of benzene rings is 2. The summed E-state index contributed by atoms with van der Waals surface area (Å²) in [5, 5.41) is 2.71. The fourth-order valence-corrected chi connectivity index (χ4v) is 3.47. The van der Waals surface area contributed by atoms with Gasteiger partial charge in [0, 0.05) is 38.3 Å². The molecule has 2 amide bonds. The predicted octanol–water partition coefficient (Wildman–Crippen LogP) is 3.32. The normalized spacial score (nSPS) is 15.4. The number of methoxy groups -OCH3 is 1. The van der Waals surface area contributed by atoms with Crippen molar-refractivity contribution in [3.63, 3.8) is 0 Å². The van der Waals surface area contributed by atoms with Gasteiger partial charge in [0.25, 0.3) is 0 Å². The molecule has 1 heterocycles. The molecule has 1 unspecified atom stereocenters. The summed E-state index contributed by atoms with van der Waals surface area (Å²) in [4.78, 5) is 28.2. The first-order valence-electron chi connectivity index (χ1n) is 9.87. The van der Waals surface area contributed by atoms with Gasteiger partial charge in [-0.05, 0) is 23.8 Å². The number of halogens is 3. The Labute approximate surface area is 178 Å². The van der Waals surface area contributed by atoms with Crippen LogP contribution in [-0.2, 0) is 22.1 Å². The largest absolute Gasteiger partial charge is 0.467 e. The average molecular weight is 435 g/mol. The highest BCUT2D eigenvalue weighted by atomic mass is 19.4. The third-order valence-electron chi connectivity index (χ3n) is 5.17. The Balaban J connectivity index is 1.59. The molecular formula is C22H24F3N3O3. The number of hydrogen-bond donors (Lipinski definition) is 1. The van der Waals surface area contributed by atoms with Gasteiger partial charge in [0.1, 0.15) is 6.04 Å². The fraction of sp³-hybridized carbons (Fsp3) is 0.364. The number of rotatable bonds is 5. The van der Waals surface area contributed by atoms with E-state index in [1.165, 1.54) is 13.2 Å². The molecule has 0 saturated carbocycles. The molecule has 6 nitrogen and oxygen atoms in total. The van der Waals surface area contributed by atoms with Crippen LogP contribution >= 0.6 is 0 Å². The Morgan fingerprint density at radius 1 is 1.03 bits per heavy atom. The summed E-state index contributed by atoms with van der Waals surface area (Å²) in [5.41, 5.74) is 0.644. The highest BCUT2D eigenvalue weighted by Crippen LogP contribution is 2.31. The van der Waals surface area contributed by atoms with Gasteiger partial charge in [0.2, 0.25) is 0 Å². The lowest BCUT2D eigenvalue weighted by atomic mass is 10.1. The van der Waals surface area contributed by atoms with Crippen molar-refractivity contribution in [2.75, 3.05) is 38.2 Å². The van der Waals surface area contributed by atoms with Crippen molar-refractivity contribution in [3.05, 3.63) is 65.7 Å². The van der Waals surface area contributed by atoms with Gasteiger partial charge < -0.3 is 19.9 Å². The number of alkyl halides is 3. The van der Waals surface area contributed by atoms with Gasteiger partial charge in [0.05, 0.1) is 12.7 Å². The zero-order valence-electron chi connectivity index (χ0n) is 17.1. The van der Waals surface area contributed by atoms with E-state index in [4.69, 9.17) is 4.74 Å². The van der Waals surface area contributed by atoms with Gasteiger partial charge in [0.15, 0.2) is 0 Å². The predicted molar refractivity (Wildman–Crippen MR) is 110 cm³/mol. The third kappa shape index (κ3) is 5.90. The number of amides is 2. The number of anilines is 1. The van der Waals surface area contributed by atoms with Crippen molar-refractivity contribution in [1.82, 2.24) is 10.2 Å². The molecule has 0 radical (unpaired) electrons. The van der Waals surface area contributed by atoms with Crippen LogP contribution in [-0.4, -0.2) is 56.2 Å². The van der Waals surface area contributed by atoms with Crippen LogP contribution in [0.5, 0.6) is 0 Å². The molecule has 0 aliphatic carbocycles. The second-order valence-electron chi connectivity index (χ2n) is 7.24. The maximum Gasteiger partial charge on any atom is 0.416 e. The molecule has 9 heteroatoms. The fourth-order valence-electron chi connectivity index (χ4n) is 3.47. The van der Waals surface area contributed by atoms with Crippen molar-refractivity contribution < 1.29 is 27.5 Å². The highest BCUT2D eigenvalue weighted by Gasteiger charge is 2.31.